The number of fused-ring (bicyclic) bond motifs is 1. The molecule has 0 atom stereocenters. The topological polar surface area (TPSA) is 43.8 Å². The molecule has 1 aliphatic heterocycles. The number of piperidine rings is 1. The second-order valence-corrected chi connectivity index (χ2v) is 5.99. The third kappa shape index (κ3) is 2.52. The molecule has 0 saturated carbocycles. The lowest BCUT2D eigenvalue weighted by Crippen LogP contribution is -2.48. The number of amides is 1. The second kappa shape index (κ2) is 5.44. The van der Waals surface area contributed by atoms with Crippen molar-refractivity contribution < 1.29 is 9.90 Å². The van der Waals surface area contributed by atoms with Crippen LogP contribution in [0.1, 0.15) is 24.0 Å². The van der Waals surface area contributed by atoms with Crippen molar-refractivity contribution in [3.63, 3.8) is 0 Å². The molecular weight excluding hydrogens is 252 g/mol. The third-order valence-electron chi connectivity index (χ3n) is 4.89. The first-order valence-corrected chi connectivity index (χ1v) is 7.41. The molecule has 108 valence electrons. The van der Waals surface area contributed by atoms with Gasteiger partial charge in [-0.15, -0.1) is 0 Å². The molecule has 1 amide bonds. The van der Waals surface area contributed by atoms with E-state index in [2.05, 4.69) is 29.2 Å². The van der Waals surface area contributed by atoms with Crippen molar-refractivity contribution in [2.75, 3.05) is 20.1 Å². The van der Waals surface area contributed by atoms with Crippen molar-refractivity contribution in [2.24, 2.45) is 0 Å². The van der Waals surface area contributed by atoms with Gasteiger partial charge in [0.1, 0.15) is 0 Å². The normalized spacial score (nSPS) is 20.9. The van der Waals surface area contributed by atoms with Crippen molar-refractivity contribution in [2.45, 2.75) is 37.8 Å². The van der Waals surface area contributed by atoms with E-state index in [-0.39, 0.29) is 6.04 Å². The fourth-order valence-corrected chi connectivity index (χ4v) is 3.59. The summed E-state index contributed by atoms with van der Waals surface area (Å²) in [6.07, 6.45) is 3.40. The van der Waals surface area contributed by atoms with Crippen molar-refractivity contribution >= 4 is 6.09 Å². The fourth-order valence-electron chi connectivity index (χ4n) is 3.59. The Morgan fingerprint density at radius 1 is 1.20 bits per heavy atom. The highest BCUT2D eigenvalue weighted by atomic mass is 16.4. The molecule has 0 aromatic heterocycles. The van der Waals surface area contributed by atoms with Gasteiger partial charge in [0, 0.05) is 32.2 Å². The van der Waals surface area contributed by atoms with Gasteiger partial charge < -0.3 is 10.0 Å². The minimum Gasteiger partial charge on any atom is -0.465 e. The van der Waals surface area contributed by atoms with E-state index in [1.54, 1.807) is 7.05 Å². The van der Waals surface area contributed by atoms with Crippen molar-refractivity contribution in [1.29, 1.82) is 0 Å². The summed E-state index contributed by atoms with van der Waals surface area (Å²) in [6, 6.07) is 9.52. The molecule has 1 aromatic carbocycles. The van der Waals surface area contributed by atoms with Crippen LogP contribution in [0.25, 0.3) is 0 Å². The Morgan fingerprint density at radius 3 is 2.25 bits per heavy atom. The first kappa shape index (κ1) is 13.4. The van der Waals surface area contributed by atoms with Crippen LogP contribution in [0.2, 0.25) is 0 Å². The molecule has 4 nitrogen and oxygen atoms in total. The number of carboxylic acid groups (broad SMARTS) is 1. The van der Waals surface area contributed by atoms with E-state index >= 15 is 0 Å². The molecule has 0 bridgehead atoms. The highest BCUT2D eigenvalue weighted by Gasteiger charge is 2.31. The molecule has 1 heterocycles. The second-order valence-electron chi connectivity index (χ2n) is 5.99. The highest BCUT2D eigenvalue weighted by Crippen LogP contribution is 2.28. The molecule has 2 aliphatic rings. The lowest BCUT2D eigenvalue weighted by molar-refractivity contribution is 0.0894. The van der Waals surface area contributed by atoms with Crippen LogP contribution in [0.3, 0.4) is 0 Å². The SMILES string of the molecule is CN(C(=O)O)C1CCN(C2Cc3ccccc3C2)CC1. The lowest BCUT2D eigenvalue weighted by atomic mass is 10.0. The zero-order chi connectivity index (χ0) is 14.1. The lowest BCUT2D eigenvalue weighted by Gasteiger charge is -2.38. The van der Waals surface area contributed by atoms with Gasteiger partial charge in [-0.05, 0) is 36.8 Å². The van der Waals surface area contributed by atoms with Crippen molar-refractivity contribution in [3.05, 3.63) is 35.4 Å². The molecule has 20 heavy (non-hydrogen) atoms. The monoisotopic (exact) mass is 274 g/mol. The summed E-state index contributed by atoms with van der Waals surface area (Å²) in [5, 5.41) is 9.04. The van der Waals surface area contributed by atoms with Crippen molar-refractivity contribution in [1.82, 2.24) is 9.80 Å². The summed E-state index contributed by atoms with van der Waals surface area (Å²) in [5.41, 5.74) is 2.98. The summed E-state index contributed by atoms with van der Waals surface area (Å²) >= 11 is 0. The third-order valence-corrected chi connectivity index (χ3v) is 4.89. The number of benzene rings is 1. The molecule has 1 aromatic rings. The molecule has 0 radical (unpaired) electrons. The van der Waals surface area contributed by atoms with Crippen LogP contribution in [0.5, 0.6) is 0 Å². The average molecular weight is 274 g/mol. The van der Waals surface area contributed by atoms with Crippen LogP contribution in [-0.4, -0.2) is 53.2 Å². The molecule has 1 saturated heterocycles. The summed E-state index contributed by atoms with van der Waals surface area (Å²) < 4.78 is 0. The number of carbonyl (C=O) groups is 1. The quantitative estimate of drug-likeness (QED) is 0.899. The van der Waals surface area contributed by atoms with E-state index < -0.39 is 6.09 Å². The molecular formula is C16H22N2O2. The summed E-state index contributed by atoms with van der Waals surface area (Å²) in [7, 11) is 1.69. The van der Waals surface area contributed by atoms with E-state index in [1.807, 2.05) is 0 Å². The first-order chi connectivity index (χ1) is 9.65. The largest absolute Gasteiger partial charge is 0.465 e. The van der Waals surface area contributed by atoms with Gasteiger partial charge in [-0.1, -0.05) is 24.3 Å². The van der Waals surface area contributed by atoms with Crippen LogP contribution >= 0.6 is 0 Å². The van der Waals surface area contributed by atoms with Gasteiger partial charge in [0.25, 0.3) is 0 Å². The van der Waals surface area contributed by atoms with Crippen LogP contribution in [0.15, 0.2) is 24.3 Å². The number of hydrogen-bond acceptors (Lipinski definition) is 2. The Morgan fingerprint density at radius 2 is 1.75 bits per heavy atom. The van der Waals surface area contributed by atoms with Gasteiger partial charge in [-0.3, -0.25) is 4.90 Å². The van der Waals surface area contributed by atoms with Crippen molar-refractivity contribution in [3.8, 4) is 0 Å². The number of hydrogen-bond donors (Lipinski definition) is 1. The van der Waals surface area contributed by atoms with Gasteiger partial charge in [0.2, 0.25) is 0 Å². The van der Waals surface area contributed by atoms with Crippen LogP contribution in [0, 0.1) is 0 Å². The maximum absolute atomic E-state index is 11.0. The molecule has 1 fully saturated rings. The van der Waals surface area contributed by atoms with E-state index in [4.69, 9.17) is 5.11 Å². The zero-order valence-corrected chi connectivity index (χ0v) is 12.0. The van der Waals surface area contributed by atoms with E-state index in [0.717, 1.165) is 38.8 Å². The number of nitrogens with zero attached hydrogens (tertiary/aromatic N) is 2. The van der Waals surface area contributed by atoms with Gasteiger partial charge in [-0.2, -0.15) is 0 Å². The Kier molecular flexibility index (Phi) is 3.66. The fraction of sp³-hybridized carbons (Fsp3) is 0.562. The molecule has 0 unspecified atom stereocenters. The maximum Gasteiger partial charge on any atom is 0.407 e. The summed E-state index contributed by atoms with van der Waals surface area (Å²) in [5.74, 6) is 0. The van der Waals surface area contributed by atoms with Gasteiger partial charge in [-0.25, -0.2) is 4.79 Å². The van der Waals surface area contributed by atoms with Crippen LogP contribution < -0.4 is 0 Å². The van der Waals surface area contributed by atoms with E-state index in [0.29, 0.717) is 6.04 Å². The molecule has 1 aliphatic carbocycles. The Hall–Kier alpha value is -1.55. The predicted molar refractivity (Wildman–Crippen MR) is 78.0 cm³/mol. The minimum atomic E-state index is -0.809. The Balaban J connectivity index is 1.57. The van der Waals surface area contributed by atoms with Gasteiger partial charge in [0.15, 0.2) is 0 Å². The molecule has 4 heteroatoms. The molecule has 0 spiro atoms. The highest BCUT2D eigenvalue weighted by molar-refractivity contribution is 5.64. The van der Waals surface area contributed by atoms with Gasteiger partial charge >= 0.3 is 6.09 Å². The standard InChI is InChI=1S/C16H22N2O2/c1-17(16(19)20)14-6-8-18(9-7-14)15-10-12-4-2-3-5-13(12)11-15/h2-5,14-15H,6-11H2,1H3,(H,19,20). The summed E-state index contributed by atoms with van der Waals surface area (Å²) in [4.78, 5) is 15.0. The first-order valence-electron chi connectivity index (χ1n) is 7.41. The minimum absolute atomic E-state index is 0.188. The number of likely N-dealkylation sites (tertiary alicyclic amines) is 1. The smallest absolute Gasteiger partial charge is 0.407 e. The van der Waals surface area contributed by atoms with Gasteiger partial charge in [0.05, 0.1) is 0 Å². The average Bonchev–Trinajstić information content (AvgIpc) is 2.90. The number of rotatable bonds is 2. The zero-order valence-electron chi connectivity index (χ0n) is 12.0. The Bertz CT molecular complexity index is 470. The molecule has 3 rings (SSSR count). The van der Waals surface area contributed by atoms with E-state index in [1.165, 1.54) is 16.0 Å². The summed E-state index contributed by atoms with van der Waals surface area (Å²) in [6.45, 7) is 2.03. The molecule has 1 N–H and O–H groups in total. The predicted octanol–water partition coefficient (Wildman–Crippen LogP) is 2.23. The Labute approximate surface area is 120 Å². The van der Waals surface area contributed by atoms with Crippen LogP contribution in [-0.2, 0) is 12.8 Å². The van der Waals surface area contributed by atoms with E-state index in [9.17, 15) is 4.79 Å². The maximum atomic E-state index is 11.0. The van der Waals surface area contributed by atoms with Crippen LogP contribution in [0.4, 0.5) is 4.79 Å².